The van der Waals surface area contributed by atoms with Gasteiger partial charge in [-0.2, -0.15) is 0 Å². The van der Waals surface area contributed by atoms with Gasteiger partial charge in [-0.1, -0.05) is 18.2 Å². The molecule has 0 spiro atoms. The maximum atomic E-state index is 12.9. The summed E-state index contributed by atoms with van der Waals surface area (Å²) in [6.45, 7) is 2.29. The third-order valence-corrected chi connectivity index (χ3v) is 4.32. The lowest BCUT2D eigenvalue weighted by Crippen LogP contribution is -2.23. The number of ether oxygens (including phenoxy) is 1. The minimum absolute atomic E-state index is 0.0931. The first-order chi connectivity index (χ1) is 12.7. The molecule has 6 heteroatoms. The topological polar surface area (TPSA) is 72.3 Å². The molecule has 0 saturated heterocycles. The predicted octanol–water partition coefficient (Wildman–Crippen LogP) is 3.01. The summed E-state index contributed by atoms with van der Waals surface area (Å²) in [5.74, 6) is 0.791. The van der Waals surface area contributed by atoms with Gasteiger partial charge in [0.05, 0.1) is 6.61 Å². The van der Waals surface area contributed by atoms with E-state index in [0.29, 0.717) is 24.2 Å². The van der Waals surface area contributed by atoms with Crippen LogP contribution in [0, 0.1) is 6.92 Å². The number of hydrogen-bond acceptors (Lipinski definition) is 4. The summed E-state index contributed by atoms with van der Waals surface area (Å²) >= 11 is 0. The first-order valence-corrected chi connectivity index (χ1v) is 8.42. The van der Waals surface area contributed by atoms with Crippen LogP contribution < -0.4 is 10.3 Å². The van der Waals surface area contributed by atoms with Crippen LogP contribution in [-0.2, 0) is 6.42 Å². The van der Waals surface area contributed by atoms with E-state index in [1.165, 1.54) is 4.52 Å². The summed E-state index contributed by atoms with van der Waals surface area (Å²) in [5, 5.41) is 3.01. The molecule has 0 fully saturated rings. The van der Waals surface area contributed by atoms with Gasteiger partial charge in [0.25, 0.3) is 5.56 Å². The van der Waals surface area contributed by atoms with Gasteiger partial charge < -0.3 is 4.74 Å². The van der Waals surface area contributed by atoms with Crippen LogP contribution in [0.3, 0.4) is 0 Å². The average molecular weight is 346 g/mol. The number of nitrogens with one attached hydrogen (secondary N) is 1. The van der Waals surface area contributed by atoms with Crippen LogP contribution in [0.4, 0.5) is 0 Å². The van der Waals surface area contributed by atoms with Gasteiger partial charge >= 0.3 is 0 Å². The molecule has 1 aromatic carbocycles. The van der Waals surface area contributed by atoms with Crippen molar-refractivity contribution in [2.75, 3.05) is 6.61 Å². The molecule has 0 saturated carbocycles. The number of rotatable bonds is 5. The normalized spacial score (nSPS) is 11.0. The van der Waals surface area contributed by atoms with E-state index in [2.05, 4.69) is 15.1 Å². The van der Waals surface area contributed by atoms with Gasteiger partial charge in [-0.05, 0) is 36.8 Å². The third-order valence-electron chi connectivity index (χ3n) is 4.32. The molecule has 0 radical (unpaired) electrons. The Hall–Kier alpha value is -3.41. The molecule has 0 amide bonds. The van der Waals surface area contributed by atoms with Crippen molar-refractivity contribution in [3.63, 3.8) is 0 Å². The minimum atomic E-state index is -0.0931. The van der Waals surface area contributed by atoms with Crippen LogP contribution in [0.2, 0.25) is 0 Å². The van der Waals surface area contributed by atoms with Crippen LogP contribution in [0.5, 0.6) is 5.75 Å². The highest BCUT2D eigenvalue weighted by Crippen LogP contribution is 2.22. The van der Waals surface area contributed by atoms with Gasteiger partial charge in [-0.3, -0.25) is 14.9 Å². The lowest BCUT2D eigenvalue weighted by atomic mass is 10.1. The number of hydrogen-bond donors (Lipinski definition) is 1. The van der Waals surface area contributed by atoms with E-state index in [9.17, 15) is 4.79 Å². The Kier molecular flexibility index (Phi) is 4.23. The molecule has 6 nitrogen and oxygen atoms in total. The van der Waals surface area contributed by atoms with Gasteiger partial charge in [-0.25, -0.2) is 9.50 Å². The Morgan fingerprint density at radius 2 is 1.88 bits per heavy atom. The molecule has 0 aliphatic carbocycles. The standard InChI is InChI=1S/C20H18N4O2/c1-14-17(9-12-26-16-5-3-2-4-6-16)20(25)24-19(23-14)18(13-22-24)15-7-10-21-11-8-15/h2-8,10-11,13,22H,9,12H2,1H3. The number of aryl methyl sites for hydroxylation is 1. The molecule has 1 N–H and O–H groups in total. The van der Waals surface area contributed by atoms with Gasteiger partial charge in [0.15, 0.2) is 5.65 Å². The first-order valence-electron chi connectivity index (χ1n) is 8.42. The molecule has 3 aromatic heterocycles. The Morgan fingerprint density at radius 3 is 2.65 bits per heavy atom. The maximum absolute atomic E-state index is 12.9. The van der Waals surface area contributed by atoms with Crippen molar-refractivity contribution in [1.29, 1.82) is 0 Å². The van der Waals surface area contributed by atoms with Gasteiger partial charge in [0.1, 0.15) is 5.75 Å². The summed E-state index contributed by atoms with van der Waals surface area (Å²) in [6, 6.07) is 13.4. The van der Waals surface area contributed by atoms with Crippen LogP contribution in [0.1, 0.15) is 11.3 Å². The zero-order chi connectivity index (χ0) is 17.9. The van der Waals surface area contributed by atoms with Crippen molar-refractivity contribution in [2.45, 2.75) is 13.3 Å². The Morgan fingerprint density at radius 1 is 1.12 bits per heavy atom. The van der Waals surface area contributed by atoms with Crippen LogP contribution in [-0.4, -0.2) is 26.2 Å². The van der Waals surface area contributed by atoms with E-state index >= 15 is 0 Å². The molecule has 4 rings (SSSR count). The van der Waals surface area contributed by atoms with E-state index in [1.807, 2.05) is 49.4 Å². The smallest absolute Gasteiger partial charge is 0.276 e. The fourth-order valence-electron chi connectivity index (χ4n) is 2.98. The molecule has 26 heavy (non-hydrogen) atoms. The van der Waals surface area contributed by atoms with Crippen LogP contribution >= 0.6 is 0 Å². The van der Waals surface area contributed by atoms with Gasteiger partial charge in [-0.15, -0.1) is 0 Å². The van der Waals surface area contributed by atoms with Crippen molar-refractivity contribution >= 4 is 5.65 Å². The lowest BCUT2D eigenvalue weighted by Gasteiger charge is -2.08. The van der Waals surface area contributed by atoms with E-state index < -0.39 is 0 Å². The molecular formula is C20H18N4O2. The number of fused-ring (bicyclic) bond motifs is 1. The van der Waals surface area contributed by atoms with Crippen molar-refractivity contribution < 1.29 is 4.74 Å². The zero-order valence-electron chi connectivity index (χ0n) is 14.3. The molecule has 0 aliphatic heterocycles. The molecule has 0 unspecified atom stereocenters. The van der Waals surface area contributed by atoms with Crippen LogP contribution in [0.15, 0.2) is 65.8 Å². The number of H-pyrrole nitrogens is 1. The summed E-state index contributed by atoms with van der Waals surface area (Å²) in [6.07, 6.45) is 5.74. The monoisotopic (exact) mass is 346 g/mol. The van der Waals surface area contributed by atoms with Crippen molar-refractivity contribution in [1.82, 2.24) is 19.6 Å². The Bertz CT molecular complexity index is 1090. The molecule has 130 valence electrons. The van der Waals surface area contributed by atoms with Crippen LogP contribution in [0.25, 0.3) is 16.8 Å². The number of aromatic amines is 1. The van der Waals surface area contributed by atoms with Crippen molar-refractivity contribution in [3.05, 3.63) is 82.7 Å². The number of aromatic nitrogens is 4. The number of pyridine rings is 1. The Labute approximate surface area is 150 Å². The highest BCUT2D eigenvalue weighted by atomic mass is 16.5. The third kappa shape index (κ3) is 2.97. The second kappa shape index (κ2) is 6.84. The predicted molar refractivity (Wildman–Crippen MR) is 99.4 cm³/mol. The highest BCUT2D eigenvalue weighted by Gasteiger charge is 2.14. The number of benzene rings is 1. The Balaban J connectivity index is 1.64. The SMILES string of the molecule is Cc1nc2c(-c3ccncc3)c[nH]n2c(=O)c1CCOc1ccccc1. The second-order valence-corrected chi connectivity index (χ2v) is 5.97. The van der Waals surface area contributed by atoms with E-state index in [-0.39, 0.29) is 5.56 Å². The fourth-order valence-corrected chi connectivity index (χ4v) is 2.98. The largest absolute Gasteiger partial charge is 0.493 e. The molecule has 3 heterocycles. The van der Waals surface area contributed by atoms with Crippen molar-refractivity contribution in [3.8, 4) is 16.9 Å². The summed E-state index contributed by atoms with van der Waals surface area (Å²) < 4.78 is 7.20. The second-order valence-electron chi connectivity index (χ2n) is 5.97. The molecule has 4 aromatic rings. The molecule has 0 bridgehead atoms. The van der Waals surface area contributed by atoms with Gasteiger partial charge in [0.2, 0.25) is 0 Å². The zero-order valence-corrected chi connectivity index (χ0v) is 14.3. The summed E-state index contributed by atoms with van der Waals surface area (Å²) in [7, 11) is 0. The van der Waals surface area contributed by atoms with Gasteiger partial charge in [0, 0.05) is 41.8 Å². The molecule has 0 atom stereocenters. The number of nitrogens with zero attached hydrogens (tertiary/aromatic N) is 3. The number of para-hydroxylation sites is 1. The maximum Gasteiger partial charge on any atom is 0.276 e. The summed E-state index contributed by atoms with van der Waals surface area (Å²) in [5.41, 5.74) is 3.74. The van der Waals surface area contributed by atoms with E-state index in [1.54, 1.807) is 18.6 Å². The first kappa shape index (κ1) is 16.1. The lowest BCUT2D eigenvalue weighted by molar-refractivity contribution is 0.321. The summed E-state index contributed by atoms with van der Waals surface area (Å²) in [4.78, 5) is 21.5. The molecular weight excluding hydrogens is 328 g/mol. The quantitative estimate of drug-likeness (QED) is 0.603. The average Bonchev–Trinajstić information content (AvgIpc) is 3.10. The van der Waals surface area contributed by atoms with E-state index in [0.717, 1.165) is 22.6 Å². The van der Waals surface area contributed by atoms with E-state index in [4.69, 9.17) is 4.74 Å². The van der Waals surface area contributed by atoms with Crippen molar-refractivity contribution in [2.24, 2.45) is 0 Å². The highest BCUT2D eigenvalue weighted by molar-refractivity contribution is 5.76. The molecule has 0 aliphatic rings. The fraction of sp³-hybridized carbons (Fsp3) is 0.150. The minimum Gasteiger partial charge on any atom is -0.493 e.